The standard InChI is InChI=1S/C18H18N4OS2/c1-9-6-5-7-10(2)15(9)19-8-13-21-22-17(23)14-11(3)12(4)24-16(14)20-18(22)25-13/h5-7,19H,8H2,1-4H3. The van der Waals surface area contributed by atoms with Crippen LogP contribution in [0.5, 0.6) is 0 Å². The largest absolute Gasteiger partial charge is 0.378 e. The molecule has 4 aromatic rings. The maximum atomic E-state index is 12.8. The number of benzene rings is 1. The smallest absolute Gasteiger partial charge is 0.284 e. The molecular weight excluding hydrogens is 352 g/mol. The van der Waals surface area contributed by atoms with E-state index in [-0.39, 0.29) is 5.56 Å². The van der Waals surface area contributed by atoms with Crippen molar-refractivity contribution in [1.29, 1.82) is 0 Å². The lowest BCUT2D eigenvalue weighted by Gasteiger charge is -2.10. The van der Waals surface area contributed by atoms with Crippen LogP contribution in [-0.2, 0) is 6.54 Å². The summed E-state index contributed by atoms with van der Waals surface area (Å²) in [6, 6.07) is 6.21. The van der Waals surface area contributed by atoms with Crippen LogP contribution >= 0.6 is 22.7 Å². The van der Waals surface area contributed by atoms with Gasteiger partial charge >= 0.3 is 0 Å². The summed E-state index contributed by atoms with van der Waals surface area (Å²) in [4.78, 5) is 20.0. The molecule has 25 heavy (non-hydrogen) atoms. The Morgan fingerprint density at radius 2 is 1.84 bits per heavy atom. The molecule has 7 heteroatoms. The first-order chi connectivity index (χ1) is 12.0. The minimum atomic E-state index is -0.0728. The molecule has 0 saturated carbocycles. The quantitative estimate of drug-likeness (QED) is 0.587. The average molecular weight is 371 g/mol. The molecule has 0 aliphatic heterocycles. The second kappa shape index (κ2) is 5.93. The van der Waals surface area contributed by atoms with Crippen molar-refractivity contribution >= 4 is 43.5 Å². The van der Waals surface area contributed by atoms with E-state index in [4.69, 9.17) is 0 Å². The van der Waals surface area contributed by atoms with E-state index in [0.717, 1.165) is 26.0 Å². The fraction of sp³-hybridized carbons (Fsp3) is 0.278. The van der Waals surface area contributed by atoms with Crippen LogP contribution in [0.4, 0.5) is 5.69 Å². The van der Waals surface area contributed by atoms with E-state index < -0.39 is 0 Å². The number of thiophene rings is 1. The molecule has 0 aliphatic carbocycles. The molecule has 0 amide bonds. The normalized spacial score (nSPS) is 11.5. The van der Waals surface area contributed by atoms with Gasteiger partial charge in [0.05, 0.1) is 11.9 Å². The Morgan fingerprint density at radius 1 is 1.12 bits per heavy atom. The van der Waals surface area contributed by atoms with Crippen LogP contribution in [0.2, 0.25) is 0 Å². The number of fused-ring (bicyclic) bond motifs is 2. The number of para-hydroxylation sites is 1. The summed E-state index contributed by atoms with van der Waals surface area (Å²) >= 11 is 3.03. The average Bonchev–Trinajstić information content (AvgIpc) is 3.09. The highest BCUT2D eigenvalue weighted by Gasteiger charge is 2.16. The monoisotopic (exact) mass is 370 g/mol. The summed E-state index contributed by atoms with van der Waals surface area (Å²) in [5, 5.41) is 9.47. The lowest BCUT2D eigenvalue weighted by Crippen LogP contribution is -2.15. The fourth-order valence-corrected chi connectivity index (χ4v) is 4.89. The number of anilines is 1. The lowest BCUT2D eigenvalue weighted by atomic mass is 10.1. The van der Waals surface area contributed by atoms with Crippen LogP contribution in [0.25, 0.3) is 15.2 Å². The van der Waals surface area contributed by atoms with Gasteiger partial charge < -0.3 is 5.32 Å². The van der Waals surface area contributed by atoms with Crippen LogP contribution < -0.4 is 10.9 Å². The van der Waals surface area contributed by atoms with Gasteiger partial charge in [0.15, 0.2) is 0 Å². The summed E-state index contributed by atoms with van der Waals surface area (Å²) in [6.45, 7) is 8.73. The van der Waals surface area contributed by atoms with E-state index in [1.165, 1.54) is 27.0 Å². The van der Waals surface area contributed by atoms with E-state index >= 15 is 0 Å². The summed E-state index contributed by atoms with van der Waals surface area (Å²) in [6.07, 6.45) is 0. The fourth-order valence-electron chi connectivity index (χ4n) is 2.99. The Morgan fingerprint density at radius 3 is 2.56 bits per heavy atom. The van der Waals surface area contributed by atoms with Crippen molar-refractivity contribution in [3.63, 3.8) is 0 Å². The Hall–Kier alpha value is -2.25. The van der Waals surface area contributed by atoms with Crippen molar-refractivity contribution in [2.24, 2.45) is 0 Å². The minimum absolute atomic E-state index is 0.0728. The number of rotatable bonds is 3. The summed E-state index contributed by atoms with van der Waals surface area (Å²) < 4.78 is 1.44. The molecule has 0 saturated heterocycles. The second-order valence-electron chi connectivity index (χ2n) is 6.19. The molecule has 0 aliphatic rings. The molecule has 128 valence electrons. The molecule has 0 atom stereocenters. The molecule has 0 radical (unpaired) electrons. The van der Waals surface area contributed by atoms with Gasteiger partial charge in [0, 0.05) is 10.6 Å². The molecule has 4 rings (SSSR count). The number of nitrogens with zero attached hydrogens (tertiary/aromatic N) is 3. The Balaban J connectivity index is 1.73. The zero-order chi connectivity index (χ0) is 17.7. The predicted octanol–water partition coefficient (Wildman–Crippen LogP) is 4.21. The van der Waals surface area contributed by atoms with Crippen molar-refractivity contribution in [2.75, 3.05) is 5.32 Å². The highest BCUT2D eigenvalue weighted by molar-refractivity contribution is 7.19. The van der Waals surface area contributed by atoms with Gasteiger partial charge in [0.25, 0.3) is 5.56 Å². The third-order valence-electron chi connectivity index (χ3n) is 4.47. The highest BCUT2D eigenvalue weighted by atomic mass is 32.1. The zero-order valence-electron chi connectivity index (χ0n) is 14.5. The molecule has 0 fully saturated rings. The molecule has 3 aromatic heterocycles. The van der Waals surface area contributed by atoms with E-state index in [2.05, 4.69) is 41.4 Å². The van der Waals surface area contributed by atoms with Crippen LogP contribution in [0.3, 0.4) is 0 Å². The minimum Gasteiger partial charge on any atom is -0.378 e. The van der Waals surface area contributed by atoms with Crippen molar-refractivity contribution < 1.29 is 0 Å². The van der Waals surface area contributed by atoms with Gasteiger partial charge in [0.2, 0.25) is 4.96 Å². The lowest BCUT2D eigenvalue weighted by molar-refractivity contribution is 0.873. The van der Waals surface area contributed by atoms with Crippen LogP contribution in [-0.4, -0.2) is 14.6 Å². The molecule has 0 unspecified atom stereocenters. The molecule has 0 spiro atoms. The van der Waals surface area contributed by atoms with E-state index in [1.54, 1.807) is 11.3 Å². The van der Waals surface area contributed by atoms with Crippen molar-refractivity contribution in [1.82, 2.24) is 14.6 Å². The van der Waals surface area contributed by atoms with Gasteiger partial charge in [-0.3, -0.25) is 4.79 Å². The van der Waals surface area contributed by atoms with Crippen LogP contribution in [0.1, 0.15) is 26.6 Å². The molecule has 5 nitrogen and oxygen atoms in total. The predicted molar refractivity (Wildman–Crippen MR) is 105 cm³/mol. The topological polar surface area (TPSA) is 59.3 Å². The Labute approximate surface area is 153 Å². The molecule has 1 aromatic carbocycles. The third-order valence-corrected chi connectivity index (χ3v) is 6.48. The van der Waals surface area contributed by atoms with Gasteiger partial charge in [-0.05, 0) is 44.4 Å². The van der Waals surface area contributed by atoms with Gasteiger partial charge in [-0.25, -0.2) is 4.98 Å². The Kier molecular flexibility index (Phi) is 3.85. The van der Waals surface area contributed by atoms with E-state index in [0.29, 0.717) is 16.9 Å². The van der Waals surface area contributed by atoms with Gasteiger partial charge in [0.1, 0.15) is 9.84 Å². The SMILES string of the molecule is Cc1cccc(C)c1NCc1nn2c(=O)c3c(C)c(C)sc3nc2s1. The number of aromatic nitrogens is 3. The third kappa shape index (κ3) is 2.63. The highest BCUT2D eigenvalue weighted by Crippen LogP contribution is 2.27. The summed E-state index contributed by atoms with van der Waals surface area (Å²) in [5.74, 6) is 0. The van der Waals surface area contributed by atoms with Crippen LogP contribution in [0, 0.1) is 27.7 Å². The van der Waals surface area contributed by atoms with Gasteiger partial charge in [-0.15, -0.1) is 11.3 Å². The first kappa shape index (κ1) is 16.2. The zero-order valence-corrected chi connectivity index (χ0v) is 16.1. The van der Waals surface area contributed by atoms with Gasteiger partial charge in [-0.1, -0.05) is 29.5 Å². The first-order valence-electron chi connectivity index (χ1n) is 8.04. The van der Waals surface area contributed by atoms with Crippen molar-refractivity contribution in [3.8, 4) is 0 Å². The first-order valence-corrected chi connectivity index (χ1v) is 9.67. The summed E-state index contributed by atoms with van der Waals surface area (Å²) in [7, 11) is 0. The number of nitrogens with one attached hydrogen (secondary N) is 1. The van der Waals surface area contributed by atoms with Crippen molar-refractivity contribution in [2.45, 2.75) is 34.2 Å². The molecule has 3 heterocycles. The number of aryl methyl sites for hydroxylation is 4. The molecule has 1 N–H and O–H groups in total. The van der Waals surface area contributed by atoms with E-state index in [1.807, 2.05) is 19.9 Å². The number of hydrogen-bond acceptors (Lipinski definition) is 6. The summed E-state index contributed by atoms with van der Waals surface area (Å²) in [5.41, 5.74) is 4.45. The maximum absolute atomic E-state index is 12.8. The molecular formula is C18H18N4OS2. The number of hydrogen-bond donors (Lipinski definition) is 1. The molecule has 0 bridgehead atoms. The van der Waals surface area contributed by atoms with E-state index in [9.17, 15) is 4.79 Å². The van der Waals surface area contributed by atoms with Crippen molar-refractivity contribution in [3.05, 3.63) is 55.1 Å². The Bertz CT molecular complexity index is 1150. The second-order valence-corrected chi connectivity index (χ2v) is 8.43. The van der Waals surface area contributed by atoms with Gasteiger partial charge in [-0.2, -0.15) is 9.61 Å². The maximum Gasteiger partial charge on any atom is 0.284 e. The van der Waals surface area contributed by atoms with Crippen LogP contribution in [0.15, 0.2) is 23.0 Å².